The van der Waals surface area contributed by atoms with Gasteiger partial charge in [-0.2, -0.15) is 0 Å². The Labute approximate surface area is 111 Å². The molecule has 0 aliphatic carbocycles. The summed E-state index contributed by atoms with van der Waals surface area (Å²) in [6, 6.07) is 0. The number of piperidine rings is 1. The zero-order valence-corrected chi connectivity index (χ0v) is 11.2. The van der Waals surface area contributed by atoms with Crippen LogP contribution >= 0.6 is 0 Å². The average molecular weight is 265 g/mol. The van der Waals surface area contributed by atoms with E-state index in [1.807, 2.05) is 13.8 Å². The van der Waals surface area contributed by atoms with Crippen LogP contribution < -0.4 is 5.73 Å². The highest BCUT2D eigenvalue weighted by molar-refractivity contribution is 5.90. The fourth-order valence-electron chi connectivity index (χ4n) is 2.14. The van der Waals surface area contributed by atoms with Gasteiger partial charge in [0.05, 0.1) is 0 Å². The Morgan fingerprint density at radius 1 is 1.37 bits per heavy atom. The van der Waals surface area contributed by atoms with Crippen molar-refractivity contribution in [3.8, 4) is 0 Å². The average Bonchev–Trinajstić information content (AvgIpc) is 2.87. The smallest absolute Gasteiger partial charge is 0.293 e. The number of nitrogens with two attached hydrogens (primary N) is 1. The van der Waals surface area contributed by atoms with Crippen LogP contribution in [0.15, 0.2) is 0 Å². The van der Waals surface area contributed by atoms with Crippen LogP contribution in [0.25, 0.3) is 0 Å². The number of nitrogens with zero attached hydrogens (tertiary/aromatic N) is 3. The number of carbonyl (C=O) groups excluding carboxylic acids is 2. The Kier molecular flexibility index (Phi) is 3.82. The number of likely N-dealkylation sites (tertiary alicyclic amines) is 1. The first-order chi connectivity index (χ1) is 8.99. The highest BCUT2D eigenvalue weighted by atomic mass is 16.2. The van der Waals surface area contributed by atoms with Crippen molar-refractivity contribution in [3.63, 3.8) is 0 Å². The molecule has 0 atom stereocenters. The first-order valence-electron chi connectivity index (χ1n) is 6.50. The third-order valence-electron chi connectivity index (χ3n) is 3.43. The monoisotopic (exact) mass is 265 g/mol. The van der Waals surface area contributed by atoms with Crippen molar-refractivity contribution in [2.24, 2.45) is 11.7 Å². The van der Waals surface area contributed by atoms with E-state index in [1.165, 1.54) is 0 Å². The van der Waals surface area contributed by atoms with Crippen LogP contribution in [0, 0.1) is 5.92 Å². The van der Waals surface area contributed by atoms with E-state index in [0.29, 0.717) is 31.8 Å². The third kappa shape index (κ3) is 2.91. The Hall–Kier alpha value is -1.92. The molecular formula is C12H19N5O2. The van der Waals surface area contributed by atoms with Gasteiger partial charge in [0.1, 0.15) is 5.82 Å². The van der Waals surface area contributed by atoms with Gasteiger partial charge in [-0.05, 0) is 12.8 Å². The number of carbonyl (C=O) groups is 2. The summed E-state index contributed by atoms with van der Waals surface area (Å²) in [4.78, 5) is 29.1. The van der Waals surface area contributed by atoms with Crippen LogP contribution in [-0.2, 0) is 4.79 Å². The van der Waals surface area contributed by atoms with Gasteiger partial charge in [-0.3, -0.25) is 14.7 Å². The number of rotatable bonds is 3. The molecule has 1 fully saturated rings. The minimum Gasteiger partial charge on any atom is -0.369 e. The summed E-state index contributed by atoms with van der Waals surface area (Å²) in [5, 5.41) is 6.72. The van der Waals surface area contributed by atoms with E-state index in [-0.39, 0.29) is 29.5 Å². The Morgan fingerprint density at radius 2 is 2.00 bits per heavy atom. The summed E-state index contributed by atoms with van der Waals surface area (Å²) in [6.07, 6.45) is 1.23. The third-order valence-corrected chi connectivity index (χ3v) is 3.43. The van der Waals surface area contributed by atoms with Crippen molar-refractivity contribution in [1.82, 2.24) is 20.1 Å². The number of hydrogen-bond acceptors (Lipinski definition) is 4. The predicted molar refractivity (Wildman–Crippen MR) is 68.3 cm³/mol. The van der Waals surface area contributed by atoms with E-state index < -0.39 is 0 Å². The Balaban J connectivity index is 1.99. The minimum atomic E-state index is -0.285. The summed E-state index contributed by atoms with van der Waals surface area (Å²) in [5.74, 6) is 0.506. The topological polar surface area (TPSA) is 105 Å². The lowest BCUT2D eigenvalue weighted by molar-refractivity contribution is -0.123. The highest BCUT2D eigenvalue weighted by Crippen LogP contribution is 2.18. The van der Waals surface area contributed by atoms with E-state index in [0.717, 1.165) is 0 Å². The molecule has 3 N–H and O–H groups in total. The molecule has 2 rings (SSSR count). The van der Waals surface area contributed by atoms with Gasteiger partial charge in [0.2, 0.25) is 11.7 Å². The lowest BCUT2D eigenvalue weighted by atomic mass is 9.96. The SMILES string of the molecule is CC(C)c1nc(C(=O)N2CCC(C(N)=O)CC2)n[nH]1. The fraction of sp³-hybridized carbons (Fsp3) is 0.667. The van der Waals surface area contributed by atoms with Gasteiger partial charge in [0, 0.05) is 24.9 Å². The zero-order valence-electron chi connectivity index (χ0n) is 11.2. The second kappa shape index (κ2) is 5.38. The maximum atomic E-state index is 12.2. The van der Waals surface area contributed by atoms with Crippen molar-refractivity contribution in [2.45, 2.75) is 32.6 Å². The van der Waals surface area contributed by atoms with Gasteiger partial charge in [-0.15, -0.1) is 5.10 Å². The minimum absolute atomic E-state index is 0.123. The summed E-state index contributed by atoms with van der Waals surface area (Å²) in [7, 11) is 0. The summed E-state index contributed by atoms with van der Waals surface area (Å²) >= 11 is 0. The molecule has 1 aliphatic heterocycles. The van der Waals surface area contributed by atoms with Crippen LogP contribution in [0.1, 0.15) is 49.1 Å². The van der Waals surface area contributed by atoms with E-state index in [9.17, 15) is 9.59 Å². The van der Waals surface area contributed by atoms with E-state index in [1.54, 1.807) is 4.90 Å². The number of primary amides is 1. The highest BCUT2D eigenvalue weighted by Gasteiger charge is 2.28. The van der Waals surface area contributed by atoms with Crippen LogP contribution in [0.5, 0.6) is 0 Å². The number of aromatic nitrogens is 3. The van der Waals surface area contributed by atoms with Gasteiger partial charge in [0.25, 0.3) is 5.91 Å². The normalized spacial score (nSPS) is 16.9. The molecule has 7 nitrogen and oxygen atoms in total. The lowest BCUT2D eigenvalue weighted by Gasteiger charge is -2.29. The fourth-order valence-corrected chi connectivity index (χ4v) is 2.14. The number of hydrogen-bond donors (Lipinski definition) is 2. The lowest BCUT2D eigenvalue weighted by Crippen LogP contribution is -2.42. The van der Waals surface area contributed by atoms with Gasteiger partial charge in [-0.25, -0.2) is 4.98 Å². The first kappa shape index (κ1) is 13.5. The summed E-state index contributed by atoms with van der Waals surface area (Å²) < 4.78 is 0. The largest absolute Gasteiger partial charge is 0.369 e. The van der Waals surface area contributed by atoms with Gasteiger partial charge < -0.3 is 10.6 Å². The molecule has 1 aromatic rings. The van der Waals surface area contributed by atoms with E-state index in [2.05, 4.69) is 15.2 Å². The maximum absolute atomic E-state index is 12.2. The molecule has 0 bridgehead atoms. The molecule has 0 aromatic carbocycles. The van der Waals surface area contributed by atoms with Crippen molar-refractivity contribution in [3.05, 3.63) is 11.6 Å². The second-order valence-electron chi connectivity index (χ2n) is 5.17. The second-order valence-corrected chi connectivity index (χ2v) is 5.17. The van der Waals surface area contributed by atoms with Crippen molar-refractivity contribution < 1.29 is 9.59 Å². The molecule has 104 valence electrons. The number of aromatic amines is 1. The molecule has 1 aromatic heterocycles. The molecule has 0 unspecified atom stereocenters. The van der Waals surface area contributed by atoms with Gasteiger partial charge >= 0.3 is 0 Å². The molecule has 1 aliphatic rings. The summed E-state index contributed by atoms with van der Waals surface area (Å²) in [5.41, 5.74) is 5.26. The zero-order chi connectivity index (χ0) is 14.0. The van der Waals surface area contributed by atoms with Crippen LogP contribution in [-0.4, -0.2) is 45.0 Å². The number of amides is 2. The molecule has 0 saturated carbocycles. The maximum Gasteiger partial charge on any atom is 0.293 e. The summed E-state index contributed by atoms with van der Waals surface area (Å²) in [6.45, 7) is 5.01. The van der Waals surface area contributed by atoms with Crippen LogP contribution in [0.2, 0.25) is 0 Å². The molecule has 1 saturated heterocycles. The molecule has 0 spiro atoms. The molecule has 7 heteroatoms. The van der Waals surface area contributed by atoms with Crippen LogP contribution in [0.3, 0.4) is 0 Å². The van der Waals surface area contributed by atoms with Gasteiger partial charge in [0.15, 0.2) is 0 Å². The predicted octanol–water partition coefficient (Wildman–Crippen LogP) is 0.266. The molecule has 0 radical (unpaired) electrons. The Bertz CT molecular complexity index is 474. The van der Waals surface area contributed by atoms with Crippen molar-refractivity contribution in [2.75, 3.05) is 13.1 Å². The van der Waals surface area contributed by atoms with Crippen molar-refractivity contribution >= 4 is 11.8 Å². The number of nitrogens with one attached hydrogen (secondary N) is 1. The molecular weight excluding hydrogens is 246 g/mol. The first-order valence-corrected chi connectivity index (χ1v) is 6.50. The van der Waals surface area contributed by atoms with Crippen molar-refractivity contribution in [1.29, 1.82) is 0 Å². The van der Waals surface area contributed by atoms with Crippen LogP contribution in [0.4, 0.5) is 0 Å². The number of H-pyrrole nitrogens is 1. The van der Waals surface area contributed by atoms with E-state index in [4.69, 9.17) is 5.73 Å². The standard InChI is InChI=1S/C12H19N5O2/c1-7(2)10-14-11(16-15-10)12(19)17-5-3-8(4-6-17)9(13)18/h7-8H,3-6H2,1-2H3,(H2,13,18)(H,14,15,16). The van der Waals surface area contributed by atoms with E-state index >= 15 is 0 Å². The van der Waals surface area contributed by atoms with Gasteiger partial charge in [-0.1, -0.05) is 13.8 Å². The quantitative estimate of drug-likeness (QED) is 0.818. The molecule has 19 heavy (non-hydrogen) atoms. The Morgan fingerprint density at radius 3 is 2.47 bits per heavy atom. The molecule has 2 heterocycles. The molecule has 2 amide bonds.